The van der Waals surface area contributed by atoms with Gasteiger partial charge in [-0.1, -0.05) is 126 Å². The molecule has 1 heteroatoms. The summed E-state index contributed by atoms with van der Waals surface area (Å²) in [5.74, 6) is 0. The number of aryl methyl sites for hydroxylation is 3. The van der Waals surface area contributed by atoms with Gasteiger partial charge in [-0.05, 0) is 83.8 Å². The molecule has 0 heterocycles. The van der Waals surface area contributed by atoms with Crippen molar-refractivity contribution in [2.75, 3.05) is 5.73 Å². The van der Waals surface area contributed by atoms with Crippen LogP contribution >= 0.6 is 0 Å². The van der Waals surface area contributed by atoms with Gasteiger partial charge in [0.25, 0.3) is 0 Å². The lowest BCUT2D eigenvalue weighted by Gasteiger charge is -2.12. The fraction of sp³-hybridized carbons (Fsp3) is 0.0811. The lowest BCUT2D eigenvalue weighted by atomic mass is 9.92. The Morgan fingerprint density at radius 3 is 1.13 bits per heavy atom. The van der Waals surface area contributed by atoms with Gasteiger partial charge in [0.15, 0.2) is 0 Å². The second-order valence-corrected chi connectivity index (χ2v) is 9.97. The summed E-state index contributed by atoms with van der Waals surface area (Å²) in [6.07, 6.45) is 0. The molecule has 0 amide bonds. The van der Waals surface area contributed by atoms with Crippen molar-refractivity contribution in [3.05, 3.63) is 150 Å². The number of rotatable bonds is 3. The molecular formula is C37H33N. The minimum absolute atomic E-state index is 0.850. The van der Waals surface area contributed by atoms with Gasteiger partial charge in [0.1, 0.15) is 0 Å². The smallest absolute Gasteiger partial charge is 0.0393 e. The molecule has 38 heavy (non-hydrogen) atoms. The SMILES string of the molecule is Cc1ccc(-c2cc(-c3ccc(C)cc3)cc(-c3ccc(C)cc3)c2)cc1.Nc1cccc2ccccc12. The summed E-state index contributed by atoms with van der Waals surface area (Å²) >= 11 is 0. The molecule has 6 aromatic carbocycles. The number of hydrogen-bond donors (Lipinski definition) is 1. The minimum Gasteiger partial charge on any atom is -0.398 e. The number of hydrogen-bond acceptors (Lipinski definition) is 1. The molecular weight excluding hydrogens is 458 g/mol. The highest BCUT2D eigenvalue weighted by Crippen LogP contribution is 2.33. The van der Waals surface area contributed by atoms with Crippen molar-refractivity contribution >= 4 is 16.5 Å². The van der Waals surface area contributed by atoms with Crippen molar-refractivity contribution in [3.63, 3.8) is 0 Å². The van der Waals surface area contributed by atoms with Crippen LogP contribution < -0.4 is 5.73 Å². The number of nitrogens with two attached hydrogens (primary N) is 1. The standard InChI is InChI=1S/C27H24.C10H9N/c1-19-4-10-22(11-5-19)25-16-26(23-12-6-20(2)7-13-23)18-27(17-25)24-14-8-21(3)9-15-24;11-10-7-3-5-8-4-1-2-6-9(8)10/h4-18H,1-3H3;1-7H,11H2. The van der Waals surface area contributed by atoms with Crippen LogP contribution in [-0.2, 0) is 0 Å². The second kappa shape index (κ2) is 11.2. The zero-order valence-electron chi connectivity index (χ0n) is 22.3. The van der Waals surface area contributed by atoms with E-state index < -0.39 is 0 Å². The molecule has 0 saturated carbocycles. The lowest BCUT2D eigenvalue weighted by molar-refractivity contribution is 1.45. The van der Waals surface area contributed by atoms with Gasteiger partial charge in [-0.3, -0.25) is 0 Å². The van der Waals surface area contributed by atoms with Crippen LogP contribution in [0.2, 0.25) is 0 Å². The van der Waals surface area contributed by atoms with Gasteiger partial charge in [0.05, 0.1) is 0 Å². The molecule has 6 rings (SSSR count). The molecule has 1 nitrogen and oxygen atoms in total. The molecule has 0 saturated heterocycles. The van der Waals surface area contributed by atoms with E-state index in [0.717, 1.165) is 11.1 Å². The fourth-order valence-corrected chi connectivity index (χ4v) is 4.62. The van der Waals surface area contributed by atoms with E-state index in [1.165, 1.54) is 55.5 Å². The Labute approximate surface area is 226 Å². The first-order valence-electron chi connectivity index (χ1n) is 13.1. The normalized spacial score (nSPS) is 10.6. The van der Waals surface area contributed by atoms with E-state index >= 15 is 0 Å². The highest BCUT2D eigenvalue weighted by atomic mass is 14.5. The summed E-state index contributed by atoms with van der Waals surface area (Å²) in [5.41, 5.74) is 18.0. The zero-order chi connectivity index (χ0) is 26.5. The molecule has 0 spiro atoms. The Morgan fingerprint density at radius 1 is 0.368 bits per heavy atom. The molecule has 186 valence electrons. The van der Waals surface area contributed by atoms with E-state index in [1.54, 1.807) is 0 Å². The third-order valence-electron chi connectivity index (χ3n) is 6.91. The molecule has 0 aromatic heterocycles. The maximum absolute atomic E-state index is 5.76. The third kappa shape index (κ3) is 5.85. The van der Waals surface area contributed by atoms with Gasteiger partial charge in [-0.15, -0.1) is 0 Å². The molecule has 0 radical (unpaired) electrons. The van der Waals surface area contributed by atoms with Crippen molar-refractivity contribution in [1.82, 2.24) is 0 Å². The summed E-state index contributed by atoms with van der Waals surface area (Å²) in [6.45, 7) is 6.39. The highest BCUT2D eigenvalue weighted by Gasteiger charge is 2.07. The Bertz CT molecular complexity index is 1500. The van der Waals surface area contributed by atoms with E-state index in [-0.39, 0.29) is 0 Å². The Balaban J connectivity index is 0.000000222. The maximum atomic E-state index is 5.76. The number of nitrogen functional groups attached to an aromatic ring is 1. The molecule has 0 unspecified atom stereocenters. The average molecular weight is 492 g/mol. The van der Waals surface area contributed by atoms with Crippen LogP contribution in [0.15, 0.2) is 133 Å². The lowest BCUT2D eigenvalue weighted by Crippen LogP contribution is -1.87. The fourth-order valence-electron chi connectivity index (χ4n) is 4.62. The zero-order valence-corrected chi connectivity index (χ0v) is 22.3. The molecule has 0 aliphatic heterocycles. The first kappa shape index (κ1) is 25.0. The van der Waals surface area contributed by atoms with E-state index in [1.807, 2.05) is 30.3 Å². The Hall–Kier alpha value is -4.62. The topological polar surface area (TPSA) is 26.0 Å². The van der Waals surface area contributed by atoms with Crippen LogP contribution in [0.1, 0.15) is 16.7 Å². The molecule has 2 N–H and O–H groups in total. The summed E-state index contributed by atoms with van der Waals surface area (Å²) in [5, 5.41) is 2.34. The summed E-state index contributed by atoms with van der Waals surface area (Å²) in [7, 11) is 0. The van der Waals surface area contributed by atoms with Crippen molar-refractivity contribution in [3.8, 4) is 33.4 Å². The van der Waals surface area contributed by atoms with Crippen molar-refractivity contribution in [2.45, 2.75) is 20.8 Å². The van der Waals surface area contributed by atoms with Crippen LogP contribution in [-0.4, -0.2) is 0 Å². The summed E-state index contributed by atoms with van der Waals surface area (Å²) in [6, 6.07) is 47.3. The Morgan fingerprint density at radius 2 is 0.737 bits per heavy atom. The Kier molecular flexibility index (Phi) is 7.38. The first-order valence-corrected chi connectivity index (χ1v) is 13.1. The maximum Gasteiger partial charge on any atom is 0.0393 e. The molecule has 0 aliphatic rings. The second-order valence-electron chi connectivity index (χ2n) is 9.97. The predicted octanol–water partition coefficient (Wildman–Crippen LogP) is 10.0. The van der Waals surface area contributed by atoms with Crippen LogP contribution in [0.5, 0.6) is 0 Å². The average Bonchev–Trinajstić information content (AvgIpc) is 2.95. The molecule has 6 aromatic rings. The van der Waals surface area contributed by atoms with Crippen LogP contribution in [0, 0.1) is 20.8 Å². The van der Waals surface area contributed by atoms with Crippen molar-refractivity contribution in [2.24, 2.45) is 0 Å². The quantitative estimate of drug-likeness (QED) is 0.245. The highest BCUT2D eigenvalue weighted by molar-refractivity contribution is 5.92. The molecule has 0 bridgehead atoms. The van der Waals surface area contributed by atoms with Gasteiger partial charge >= 0.3 is 0 Å². The first-order chi connectivity index (χ1) is 18.5. The van der Waals surface area contributed by atoms with E-state index in [2.05, 4.69) is 124 Å². The van der Waals surface area contributed by atoms with Gasteiger partial charge in [-0.25, -0.2) is 0 Å². The van der Waals surface area contributed by atoms with Gasteiger partial charge in [0, 0.05) is 11.1 Å². The number of fused-ring (bicyclic) bond motifs is 1. The summed E-state index contributed by atoms with van der Waals surface area (Å²) in [4.78, 5) is 0. The molecule has 0 fully saturated rings. The van der Waals surface area contributed by atoms with E-state index in [9.17, 15) is 0 Å². The van der Waals surface area contributed by atoms with Crippen molar-refractivity contribution in [1.29, 1.82) is 0 Å². The monoisotopic (exact) mass is 491 g/mol. The van der Waals surface area contributed by atoms with Crippen LogP contribution in [0.3, 0.4) is 0 Å². The van der Waals surface area contributed by atoms with Gasteiger partial charge in [-0.2, -0.15) is 0 Å². The van der Waals surface area contributed by atoms with Gasteiger partial charge in [0.2, 0.25) is 0 Å². The van der Waals surface area contributed by atoms with Crippen molar-refractivity contribution < 1.29 is 0 Å². The van der Waals surface area contributed by atoms with E-state index in [0.29, 0.717) is 0 Å². The number of benzene rings is 6. The minimum atomic E-state index is 0.850. The molecule has 0 aliphatic carbocycles. The predicted molar refractivity (Wildman–Crippen MR) is 165 cm³/mol. The van der Waals surface area contributed by atoms with E-state index in [4.69, 9.17) is 5.73 Å². The van der Waals surface area contributed by atoms with Gasteiger partial charge < -0.3 is 5.73 Å². The third-order valence-corrected chi connectivity index (χ3v) is 6.91. The largest absolute Gasteiger partial charge is 0.398 e. The number of anilines is 1. The van der Waals surface area contributed by atoms with Crippen LogP contribution in [0.25, 0.3) is 44.2 Å². The summed E-state index contributed by atoms with van der Waals surface area (Å²) < 4.78 is 0. The van der Waals surface area contributed by atoms with Crippen LogP contribution in [0.4, 0.5) is 5.69 Å². The molecule has 0 atom stereocenters.